The maximum absolute atomic E-state index is 11.8. The minimum Gasteiger partial charge on any atom is -0.299 e. The fraction of sp³-hybridized carbons (Fsp3) is 0.308. The van der Waals surface area contributed by atoms with Gasteiger partial charge in [0.25, 0.3) is 5.56 Å². The number of halogens is 1. The summed E-state index contributed by atoms with van der Waals surface area (Å²) in [6, 6.07) is 5.85. The Kier molecular flexibility index (Phi) is 3.11. The molecule has 4 heteroatoms. The fourth-order valence-corrected chi connectivity index (χ4v) is 1.93. The first kappa shape index (κ1) is 12.0. The van der Waals surface area contributed by atoms with Gasteiger partial charge >= 0.3 is 0 Å². The number of nitrogens with one attached hydrogen (secondary N) is 1. The van der Waals surface area contributed by atoms with Crippen molar-refractivity contribution in [1.29, 1.82) is 0 Å². The number of aromatic amines is 1. The Morgan fingerprint density at radius 1 is 1.29 bits per heavy atom. The standard InChI is InChI=1S/C13H15ClN2O/c1-8-4-5-11(6-12(8)14)7-16-13(17)9(2)10(3)15-16/h4-6,15H,7H2,1-3H3. The molecular formula is C13H15ClN2O. The number of H-pyrrole nitrogens is 1. The Morgan fingerprint density at radius 2 is 2.00 bits per heavy atom. The Hall–Kier alpha value is -1.48. The highest BCUT2D eigenvalue weighted by Crippen LogP contribution is 2.17. The summed E-state index contributed by atoms with van der Waals surface area (Å²) >= 11 is 6.06. The van der Waals surface area contributed by atoms with E-state index in [1.165, 1.54) is 0 Å². The zero-order valence-corrected chi connectivity index (χ0v) is 10.9. The van der Waals surface area contributed by atoms with Gasteiger partial charge in [0.05, 0.1) is 6.54 Å². The smallest absolute Gasteiger partial charge is 0.269 e. The van der Waals surface area contributed by atoms with E-state index < -0.39 is 0 Å². The van der Waals surface area contributed by atoms with Crippen molar-refractivity contribution >= 4 is 11.6 Å². The highest BCUT2D eigenvalue weighted by atomic mass is 35.5. The topological polar surface area (TPSA) is 37.8 Å². The number of nitrogens with zero attached hydrogens (tertiary/aromatic N) is 1. The van der Waals surface area contributed by atoms with Crippen molar-refractivity contribution in [2.24, 2.45) is 0 Å². The summed E-state index contributed by atoms with van der Waals surface area (Å²) in [5.74, 6) is 0. The molecule has 0 bridgehead atoms. The van der Waals surface area contributed by atoms with Gasteiger partial charge in [0, 0.05) is 16.3 Å². The molecule has 1 heterocycles. The van der Waals surface area contributed by atoms with Gasteiger partial charge in [-0.05, 0) is 38.0 Å². The molecule has 0 fully saturated rings. The van der Waals surface area contributed by atoms with Crippen LogP contribution in [0.3, 0.4) is 0 Å². The number of hydrogen-bond acceptors (Lipinski definition) is 1. The van der Waals surface area contributed by atoms with Crippen LogP contribution in [0.15, 0.2) is 23.0 Å². The summed E-state index contributed by atoms with van der Waals surface area (Å²) in [6.07, 6.45) is 0. The molecule has 0 saturated carbocycles. The van der Waals surface area contributed by atoms with Crippen LogP contribution in [-0.2, 0) is 6.54 Å². The summed E-state index contributed by atoms with van der Waals surface area (Å²) in [5.41, 5.74) is 3.76. The highest BCUT2D eigenvalue weighted by Gasteiger charge is 2.07. The predicted molar refractivity (Wildman–Crippen MR) is 69.8 cm³/mol. The van der Waals surface area contributed by atoms with Crippen molar-refractivity contribution in [3.63, 3.8) is 0 Å². The molecule has 2 rings (SSSR count). The Morgan fingerprint density at radius 3 is 2.53 bits per heavy atom. The first-order valence-electron chi connectivity index (χ1n) is 5.50. The lowest BCUT2D eigenvalue weighted by Gasteiger charge is -2.04. The lowest BCUT2D eigenvalue weighted by atomic mass is 10.1. The van der Waals surface area contributed by atoms with E-state index in [0.29, 0.717) is 6.54 Å². The zero-order chi connectivity index (χ0) is 12.6. The Bertz CT molecular complexity index is 610. The minimum atomic E-state index is 0.0270. The van der Waals surface area contributed by atoms with Crippen molar-refractivity contribution < 1.29 is 0 Å². The third-order valence-electron chi connectivity index (χ3n) is 3.01. The fourth-order valence-electron chi connectivity index (χ4n) is 1.73. The van der Waals surface area contributed by atoms with Gasteiger partial charge in [-0.15, -0.1) is 0 Å². The molecule has 1 aromatic heterocycles. The van der Waals surface area contributed by atoms with Gasteiger partial charge in [-0.2, -0.15) is 0 Å². The van der Waals surface area contributed by atoms with E-state index in [1.807, 2.05) is 39.0 Å². The maximum atomic E-state index is 11.8. The van der Waals surface area contributed by atoms with Crippen LogP contribution in [0.2, 0.25) is 5.02 Å². The summed E-state index contributed by atoms with van der Waals surface area (Å²) in [5, 5.41) is 3.79. The van der Waals surface area contributed by atoms with Gasteiger partial charge < -0.3 is 0 Å². The third-order valence-corrected chi connectivity index (χ3v) is 3.42. The van der Waals surface area contributed by atoms with Gasteiger partial charge in [0.15, 0.2) is 0 Å². The molecule has 2 aromatic rings. The van der Waals surface area contributed by atoms with E-state index in [4.69, 9.17) is 11.6 Å². The molecule has 3 nitrogen and oxygen atoms in total. The average Bonchev–Trinajstić information content (AvgIpc) is 2.52. The Labute approximate surface area is 105 Å². The largest absolute Gasteiger partial charge is 0.299 e. The van der Waals surface area contributed by atoms with Crippen LogP contribution in [-0.4, -0.2) is 9.78 Å². The van der Waals surface area contributed by atoms with Crippen molar-refractivity contribution in [1.82, 2.24) is 9.78 Å². The molecular weight excluding hydrogens is 236 g/mol. The van der Waals surface area contributed by atoms with Crippen molar-refractivity contribution in [3.8, 4) is 0 Å². The molecule has 0 atom stereocenters. The van der Waals surface area contributed by atoms with Crippen LogP contribution in [0.5, 0.6) is 0 Å². The van der Waals surface area contributed by atoms with Crippen LogP contribution in [0.4, 0.5) is 0 Å². The highest BCUT2D eigenvalue weighted by molar-refractivity contribution is 6.31. The van der Waals surface area contributed by atoms with Crippen molar-refractivity contribution in [3.05, 3.63) is 56.0 Å². The third kappa shape index (κ3) is 2.29. The second kappa shape index (κ2) is 4.41. The lowest BCUT2D eigenvalue weighted by Crippen LogP contribution is -2.18. The molecule has 1 aromatic carbocycles. The molecule has 0 saturated heterocycles. The number of benzene rings is 1. The molecule has 1 N–H and O–H groups in total. The van der Waals surface area contributed by atoms with E-state index in [1.54, 1.807) is 4.68 Å². The quantitative estimate of drug-likeness (QED) is 0.875. The van der Waals surface area contributed by atoms with Gasteiger partial charge in [0.1, 0.15) is 0 Å². The van der Waals surface area contributed by atoms with E-state index in [9.17, 15) is 4.79 Å². The summed E-state index contributed by atoms with van der Waals surface area (Å²) in [7, 11) is 0. The SMILES string of the molecule is Cc1ccc(Cn2[nH]c(C)c(C)c2=O)cc1Cl. The number of hydrogen-bond donors (Lipinski definition) is 1. The predicted octanol–water partition coefficient (Wildman–Crippen LogP) is 2.80. The van der Waals surface area contributed by atoms with E-state index in [-0.39, 0.29) is 5.56 Å². The second-order valence-electron chi connectivity index (χ2n) is 4.34. The molecule has 0 aliphatic rings. The molecule has 90 valence electrons. The van der Waals surface area contributed by atoms with Crippen molar-refractivity contribution in [2.75, 3.05) is 0 Å². The molecule has 0 aliphatic heterocycles. The van der Waals surface area contributed by atoms with Gasteiger partial charge in [-0.25, -0.2) is 4.68 Å². The van der Waals surface area contributed by atoms with E-state index >= 15 is 0 Å². The first-order chi connectivity index (χ1) is 7.99. The molecule has 0 unspecified atom stereocenters. The van der Waals surface area contributed by atoms with Crippen LogP contribution in [0.1, 0.15) is 22.4 Å². The lowest BCUT2D eigenvalue weighted by molar-refractivity contribution is 0.657. The van der Waals surface area contributed by atoms with E-state index in [0.717, 1.165) is 27.4 Å². The molecule has 0 aliphatic carbocycles. The van der Waals surface area contributed by atoms with Crippen LogP contribution in [0, 0.1) is 20.8 Å². The number of aryl methyl sites for hydroxylation is 2. The van der Waals surface area contributed by atoms with E-state index in [2.05, 4.69) is 5.10 Å². The maximum Gasteiger partial charge on any atom is 0.269 e. The second-order valence-corrected chi connectivity index (χ2v) is 4.74. The molecule has 0 spiro atoms. The zero-order valence-electron chi connectivity index (χ0n) is 10.2. The first-order valence-corrected chi connectivity index (χ1v) is 5.88. The number of rotatable bonds is 2. The van der Waals surface area contributed by atoms with Crippen molar-refractivity contribution in [2.45, 2.75) is 27.3 Å². The minimum absolute atomic E-state index is 0.0270. The number of aromatic nitrogens is 2. The molecule has 0 amide bonds. The van der Waals surface area contributed by atoms with Crippen LogP contribution in [0.25, 0.3) is 0 Å². The molecule has 17 heavy (non-hydrogen) atoms. The monoisotopic (exact) mass is 250 g/mol. The molecule has 0 radical (unpaired) electrons. The average molecular weight is 251 g/mol. The summed E-state index contributed by atoms with van der Waals surface area (Å²) in [4.78, 5) is 11.8. The van der Waals surface area contributed by atoms with Crippen LogP contribution < -0.4 is 5.56 Å². The summed E-state index contributed by atoms with van der Waals surface area (Å²) < 4.78 is 1.60. The normalized spacial score (nSPS) is 10.8. The summed E-state index contributed by atoms with van der Waals surface area (Å²) in [6.45, 7) is 6.21. The van der Waals surface area contributed by atoms with Crippen LogP contribution >= 0.6 is 11.6 Å². The Balaban J connectivity index is 2.35. The van der Waals surface area contributed by atoms with Gasteiger partial charge in [-0.1, -0.05) is 23.7 Å². The van der Waals surface area contributed by atoms with Gasteiger partial charge in [-0.3, -0.25) is 9.89 Å². The van der Waals surface area contributed by atoms with Gasteiger partial charge in [0.2, 0.25) is 0 Å².